The van der Waals surface area contributed by atoms with Crippen LogP contribution in [0.1, 0.15) is 27.0 Å². The van der Waals surface area contributed by atoms with Crippen LogP contribution in [0.5, 0.6) is 11.5 Å². The Morgan fingerprint density at radius 3 is 1.90 bits per heavy atom. The molecule has 1 heterocycles. The van der Waals surface area contributed by atoms with E-state index in [0.29, 0.717) is 63.1 Å². The third-order valence-electron chi connectivity index (χ3n) is 7.95. The lowest BCUT2D eigenvalue weighted by atomic mass is 10.0. The number of nitrogens with zero attached hydrogens (tertiary/aromatic N) is 2. The van der Waals surface area contributed by atoms with Gasteiger partial charge < -0.3 is 34.6 Å². The number of aromatic nitrogens is 2. The zero-order valence-corrected chi connectivity index (χ0v) is 28.1. The number of ether oxygens (including phenoxy) is 4. The third kappa shape index (κ3) is 8.68. The second kappa shape index (κ2) is 16.7. The number of benzene rings is 4. The molecule has 0 fully saturated rings. The van der Waals surface area contributed by atoms with E-state index >= 15 is 0 Å². The van der Waals surface area contributed by atoms with Crippen molar-refractivity contribution in [3.8, 4) is 45.4 Å². The number of hydrogen-bond acceptors (Lipinski definition) is 7. The molecular formula is C39H44N4O5. The summed E-state index contributed by atoms with van der Waals surface area (Å²) in [6.45, 7) is 7.42. The molecule has 0 radical (unpaired) electrons. The lowest BCUT2D eigenvalue weighted by molar-refractivity contribution is 0.0511. The van der Waals surface area contributed by atoms with Crippen LogP contribution in [0.25, 0.3) is 33.9 Å². The molecule has 9 nitrogen and oxygen atoms in total. The fourth-order valence-corrected chi connectivity index (χ4v) is 5.37. The summed E-state index contributed by atoms with van der Waals surface area (Å²) in [6, 6.07) is 30.4. The molecular weight excluding hydrogens is 604 g/mol. The fraction of sp³-hybridized carbons (Fsp3) is 0.282. The van der Waals surface area contributed by atoms with Gasteiger partial charge in [0.1, 0.15) is 17.3 Å². The van der Waals surface area contributed by atoms with Crippen molar-refractivity contribution in [2.24, 2.45) is 5.73 Å². The first-order chi connectivity index (χ1) is 23.4. The van der Waals surface area contributed by atoms with Gasteiger partial charge in [-0.05, 0) is 43.7 Å². The van der Waals surface area contributed by atoms with Crippen LogP contribution in [-0.4, -0.2) is 69.2 Å². The highest BCUT2D eigenvalue weighted by Crippen LogP contribution is 2.39. The van der Waals surface area contributed by atoms with E-state index in [1.54, 1.807) is 14.2 Å². The van der Waals surface area contributed by atoms with Crippen molar-refractivity contribution in [1.29, 1.82) is 0 Å². The van der Waals surface area contributed by atoms with Gasteiger partial charge in [-0.25, -0.2) is 4.98 Å². The average molecular weight is 649 g/mol. The maximum Gasteiger partial charge on any atom is 0.251 e. The van der Waals surface area contributed by atoms with Crippen molar-refractivity contribution < 1.29 is 23.7 Å². The van der Waals surface area contributed by atoms with Crippen molar-refractivity contribution in [1.82, 2.24) is 14.9 Å². The maximum absolute atomic E-state index is 12.9. The van der Waals surface area contributed by atoms with Gasteiger partial charge in [0.25, 0.3) is 5.91 Å². The van der Waals surface area contributed by atoms with E-state index in [-0.39, 0.29) is 5.91 Å². The van der Waals surface area contributed by atoms with E-state index in [1.807, 2.05) is 42.5 Å². The first-order valence-electron chi connectivity index (χ1n) is 16.1. The quantitative estimate of drug-likeness (QED) is 0.121. The predicted octanol–water partition coefficient (Wildman–Crippen LogP) is 6.29. The monoisotopic (exact) mass is 648 g/mol. The first kappa shape index (κ1) is 34.4. The van der Waals surface area contributed by atoms with Crippen molar-refractivity contribution >= 4 is 5.91 Å². The highest BCUT2D eigenvalue weighted by molar-refractivity contribution is 5.94. The highest BCUT2D eigenvalue weighted by Gasteiger charge is 2.23. The van der Waals surface area contributed by atoms with Crippen LogP contribution in [0.4, 0.5) is 0 Å². The Balaban J connectivity index is 1.49. The summed E-state index contributed by atoms with van der Waals surface area (Å²) in [5.74, 6) is 1.97. The van der Waals surface area contributed by atoms with Gasteiger partial charge in [-0.1, -0.05) is 71.8 Å². The highest BCUT2D eigenvalue weighted by atomic mass is 16.5. The van der Waals surface area contributed by atoms with Crippen LogP contribution >= 0.6 is 0 Å². The number of hydrogen-bond donors (Lipinski definition) is 2. The van der Waals surface area contributed by atoms with Crippen LogP contribution in [0.2, 0.25) is 0 Å². The molecule has 5 aromatic rings. The summed E-state index contributed by atoms with van der Waals surface area (Å²) >= 11 is 0. The van der Waals surface area contributed by atoms with E-state index in [2.05, 4.69) is 72.3 Å². The number of rotatable bonds is 16. The molecule has 9 heteroatoms. The number of carbonyl (C=O) groups is 1. The second-order valence-corrected chi connectivity index (χ2v) is 11.5. The van der Waals surface area contributed by atoms with Gasteiger partial charge in [-0.3, -0.25) is 4.79 Å². The van der Waals surface area contributed by atoms with Crippen LogP contribution in [0, 0.1) is 13.8 Å². The summed E-state index contributed by atoms with van der Waals surface area (Å²) in [7, 11) is 3.29. The summed E-state index contributed by atoms with van der Waals surface area (Å²) in [4.78, 5) is 18.2. The number of nitrogens with two attached hydrogens (primary N) is 1. The normalized spacial score (nSPS) is 11.0. The molecule has 48 heavy (non-hydrogen) atoms. The van der Waals surface area contributed by atoms with Gasteiger partial charge in [0.2, 0.25) is 0 Å². The largest absolute Gasteiger partial charge is 0.497 e. The molecule has 0 saturated carbocycles. The summed E-state index contributed by atoms with van der Waals surface area (Å²) in [6.07, 6.45) is 0. The third-order valence-corrected chi connectivity index (χ3v) is 7.95. The SMILES string of the molecule is COc1cc(OC)cc(-c2nc(-c3ccc(C)cc3)c(-c3ccc(C)cc3)n2Cc2ccc(C(=O)NCCOCCOCCN)cc2)c1. The van der Waals surface area contributed by atoms with Gasteiger partial charge in [-0.15, -0.1) is 0 Å². The molecule has 0 unspecified atom stereocenters. The Kier molecular flexibility index (Phi) is 12.0. The predicted molar refractivity (Wildman–Crippen MR) is 190 cm³/mol. The maximum atomic E-state index is 12.9. The Morgan fingerprint density at radius 2 is 1.31 bits per heavy atom. The summed E-state index contributed by atoms with van der Waals surface area (Å²) in [5.41, 5.74) is 14.2. The molecule has 0 spiro atoms. The molecule has 0 aliphatic rings. The molecule has 0 saturated heterocycles. The van der Waals surface area contributed by atoms with Crippen LogP contribution in [0.3, 0.4) is 0 Å². The molecule has 5 rings (SSSR count). The number of carbonyl (C=O) groups excluding carboxylic acids is 1. The van der Waals surface area contributed by atoms with Crippen LogP contribution in [-0.2, 0) is 16.0 Å². The molecule has 4 aromatic carbocycles. The Hall–Kier alpha value is -4.96. The fourth-order valence-electron chi connectivity index (χ4n) is 5.37. The van der Waals surface area contributed by atoms with Gasteiger partial charge in [0, 0.05) is 48.0 Å². The lowest BCUT2D eigenvalue weighted by Gasteiger charge is -2.15. The summed E-state index contributed by atoms with van der Waals surface area (Å²) in [5, 5.41) is 2.92. The topological polar surface area (TPSA) is 110 Å². The van der Waals surface area contributed by atoms with E-state index < -0.39 is 0 Å². The smallest absolute Gasteiger partial charge is 0.251 e. The minimum absolute atomic E-state index is 0.154. The molecule has 1 amide bonds. The molecule has 250 valence electrons. The molecule has 0 bridgehead atoms. The Morgan fingerprint density at radius 1 is 0.729 bits per heavy atom. The zero-order chi connectivity index (χ0) is 33.9. The molecule has 0 atom stereocenters. The van der Waals surface area contributed by atoms with Gasteiger partial charge in [0.15, 0.2) is 0 Å². The molecule has 0 aliphatic carbocycles. The van der Waals surface area contributed by atoms with Crippen molar-refractivity contribution in [2.75, 3.05) is 53.7 Å². The second-order valence-electron chi connectivity index (χ2n) is 11.5. The van der Waals surface area contributed by atoms with E-state index in [0.717, 1.165) is 39.5 Å². The van der Waals surface area contributed by atoms with Crippen molar-refractivity contribution in [3.63, 3.8) is 0 Å². The molecule has 1 aromatic heterocycles. The number of methoxy groups -OCH3 is 2. The van der Waals surface area contributed by atoms with Gasteiger partial charge in [0.05, 0.1) is 52.0 Å². The van der Waals surface area contributed by atoms with E-state index in [4.69, 9.17) is 29.7 Å². The molecule has 0 aliphatic heterocycles. The number of amides is 1. The Bertz CT molecular complexity index is 1760. The average Bonchev–Trinajstić information content (AvgIpc) is 3.48. The first-order valence-corrected chi connectivity index (χ1v) is 16.1. The standard InChI is InChI=1S/C39H44N4O5/c1-27-5-11-30(12-6-27)36-37(31-13-7-28(2)8-14-31)43(38(42-36)33-23-34(45-3)25-35(24-33)46-4)26-29-9-15-32(16-10-29)39(44)41-18-20-48-22-21-47-19-17-40/h5-16,23-25H,17-22,26,40H2,1-4H3,(H,41,44). The number of nitrogens with one attached hydrogen (secondary N) is 1. The molecule has 3 N–H and O–H groups in total. The van der Waals surface area contributed by atoms with Crippen LogP contribution in [0.15, 0.2) is 91.0 Å². The number of imidazole rings is 1. The van der Waals surface area contributed by atoms with Gasteiger partial charge in [-0.2, -0.15) is 0 Å². The van der Waals surface area contributed by atoms with E-state index in [9.17, 15) is 4.79 Å². The number of aryl methyl sites for hydroxylation is 2. The zero-order valence-electron chi connectivity index (χ0n) is 28.1. The van der Waals surface area contributed by atoms with Crippen LogP contribution < -0.4 is 20.5 Å². The van der Waals surface area contributed by atoms with Crippen molar-refractivity contribution in [2.45, 2.75) is 20.4 Å². The van der Waals surface area contributed by atoms with E-state index in [1.165, 1.54) is 11.1 Å². The summed E-state index contributed by atoms with van der Waals surface area (Å²) < 4.78 is 24.3. The van der Waals surface area contributed by atoms with Crippen molar-refractivity contribution in [3.05, 3.63) is 113 Å². The minimum Gasteiger partial charge on any atom is -0.497 e. The lowest BCUT2D eigenvalue weighted by Crippen LogP contribution is -2.27. The Labute approximate surface area is 282 Å². The minimum atomic E-state index is -0.154. The van der Waals surface area contributed by atoms with Gasteiger partial charge >= 0.3 is 0 Å².